The first kappa shape index (κ1) is 15.3. The number of hydrogen-bond acceptors (Lipinski definition) is 1. The van der Waals surface area contributed by atoms with Crippen molar-refractivity contribution in [2.24, 2.45) is 0 Å². The molecule has 2 nitrogen and oxygen atoms in total. The van der Waals surface area contributed by atoms with Gasteiger partial charge >= 0.3 is 0 Å². The highest BCUT2D eigenvalue weighted by molar-refractivity contribution is 5.95. The Labute approximate surface area is 127 Å². The van der Waals surface area contributed by atoms with E-state index in [0.29, 0.717) is 6.54 Å². The molecular weight excluding hydrogens is 258 g/mol. The first-order chi connectivity index (χ1) is 10.0. The molecule has 0 bridgehead atoms. The molecule has 0 aliphatic carbocycles. The van der Waals surface area contributed by atoms with Gasteiger partial charge < -0.3 is 4.90 Å². The lowest BCUT2D eigenvalue weighted by Gasteiger charge is -2.19. The summed E-state index contributed by atoms with van der Waals surface area (Å²) in [6, 6.07) is 14.4. The van der Waals surface area contributed by atoms with E-state index in [4.69, 9.17) is 0 Å². The molecule has 2 heteroatoms. The Kier molecular flexibility index (Phi) is 4.79. The summed E-state index contributed by atoms with van der Waals surface area (Å²) in [6.07, 6.45) is 1.04. The normalized spacial score (nSPS) is 10.5. The van der Waals surface area contributed by atoms with Crippen molar-refractivity contribution >= 4 is 5.91 Å². The van der Waals surface area contributed by atoms with E-state index >= 15 is 0 Å². The van der Waals surface area contributed by atoms with Crippen molar-refractivity contribution in [3.63, 3.8) is 0 Å². The predicted octanol–water partition coefficient (Wildman–Crippen LogP) is 4.14. The Morgan fingerprint density at radius 2 is 1.62 bits per heavy atom. The summed E-state index contributed by atoms with van der Waals surface area (Å²) >= 11 is 0. The fourth-order valence-corrected chi connectivity index (χ4v) is 2.49. The quantitative estimate of drug-likeness (QED) is 0.825. The van der Waals surface area contributed by atoms with Gasteiger partial charge in [-0.05, 0) is 43.0 Å². The standard InChI is InChI=1S/C19H23NO/c1-5-16-7-9-17(10-8-16)13-20(4)19(21)18-11-6-14(2)12-15(18)3/h6-12H,5,13H2,1-4H3. The lowest BCUT2D eigenvalue weighted by molar-refractivity contribution is 0.0784. The minimum Gasteiger partial charge on any atom is -0.337 e. The largest absolute Gasteiger partial charge is 0.337 e. The maximum atomic E-state index is 12.5. The Hall–Kier alpha value is -2.09. The zero-order valence-electron chi connectivity index (χ0n) is 13.3. The molecule has 0 N–H and O–H groups in total. The van der Waals surface area contributed by atoms with Gasteiger partial charge in [0.1, 0.15) is 0 Å². The molecule has 2 aromatic rings. The lowest BCUT2D eigenvalue weighted by atomic mass is 10.0. The summed E-state index contributed by atoms with van der Waals surface area (Å²) in [4.78, 5) is 14.3. The van der Waals surface area contributed by atoms with Gasteiger partial charge in [-0.3, -0.25) is 4.79 Å². The Morgan fingerprint density at radius 3 is 2.19 bits per heavy atom. The van der Waals surface area contributed by atoms with Gasteiger partial charge in [0.05, 0.1) is 0 Å². The van der Waals surface area contributed by atoms with E-state index in [1.807, 2.05) is 33.0 Å². The highest BCUT2D eigenvalue weighted by Gasteiger charge is 2.14. The molecule has 0 fully saturated rings. The third-order valence-corrected chi connectivity index (χ3v) is 3.81. The molecular formula is C19H23NO. The minimum atomic E-state index is 0.0760. The van der Waals surface area contributed by atoms with Gasteiger partial charge in [0.2, 0.25) is 0 Å². The highest BCUT2D eigenvalue weighted by Crippen LogP contribution is 2.14. The van der Waals surface area contributed by atoms with Crippen LogP contribution in [0.1, 0.15) is 39.5 Å². The summed E-state index contributed by atoms with van der Waals surface area (Å²) in [5.74, 6) is 0.0760. The molecule has 21 heavy (non-hydrogen) atoms. The molecule has 2 rings (SSSR count). The zero-order chi connectivity index (χ0) is 15.4. The maximum Gasteiger partial charge on any atom is 0.254 e. The van der Waals surface area contributed by atoms with E-state index in [2.05, 4.69) is 37.3 Å². The molecule has 1 amide bonds. The van der Waals surface area contributed by atoms with Crippen molar-refractivity contribution in [2.75, 3.05) is 7.05 Å². The van der Waals surface area contributed by atoms with Gasteiger partial charge in [-0.2, -0.15) is 0 Å². The van der Waals surface area contributed by atoms with E-state index in [-0.39, 0.29) is 5.91 Å². The van der Waals surface area contributed by atoms with Crippen LogP contribution in [0, 0.1) is 13.8 Å². The van der Waals surface area contributed by atoms with Gasteiger partial charge in [0, 0.05) is 19.2 Å². The second-order valence-corrected chi connectivity index (χ2v) is 5.65. The monoisotopic (exact) mass is 281 g/mol. The highest BCUT2D eigenvalue weighted by atomic mass is 16.2. The van der Waals surface area contributed by atoms with Crippen LogP contribution >= 0.6 is 0 Å². The molecule has 0 aliphatic heterocycles. The molecule has 0 radical (unpaired) electrons. The molecule has 0 saturated carbocycles. The molecule has 0 heterocycles. The Morgan fingerprint density at radius 1 is 1.00 bits per heavy atom. The third kappa shape index (κ3) is 3.72. The molecule has 0 aromatic heterocycles. The van der Waals surface area contributed by atoms with E-state index in [1.54, 1.807) is 4.90 Å². The van der Waals surface area contributed by atoms with Crippen LogP contribution in [0.3, 0.4) is 0 Å². The van der Waals surface area contributed by atoms with Crippen LogP contribution in [0.25, 0.3) is 0 Å². The van der Waals surface area contributed by atoms with Gasteiger partial charge in [-0.25, -0.2) is 0 Å². The second kappa shape index (κ2) is 6.57. The van der Waals surface area contributed by atoms with Gasteiger partial charge in [-0.1, -0.05) is 48.9 Å². The van der Waals surface area contributed by atoms with Crippen LogP contribution < -0.4 is 0 Å². The number of benzene rings is 2. The van der Waals surface area contributed by atoms with Crippen LogP contribution in [0.2, 0.25) is 0 Å². The fourth-order valence-electron chi connectivity index (χ4n) is 2.49. The minimum absolute atomic E-state index is 0.0760. The van der Waals surface area contributed by atoms with Crippen molar-refractivity contribution in [2.45, 2.75) is 33.7 Å². The van der Waals surface area contributed by atoms with E-state index in [9.17, 15) is 4.79 Å². The van der Waals surface area contributed by atoms with Crippen LogP contribution in [0.4, 0.5) is 0 Å². The average Bonchev–Trinajstić information content (AvgIpc) is 2.47. The molecule has 110 valence electrons. The molecule has 0 aliphatic rings. The Balaban J connectivity index is 2.11. The average molecular weight is 281 g/mol. The summed E-state index contributed by atoms with van der Waals surface area (Å²) in [6.45, 7) is 6.81. The number of rotatable bonds is 4. The lowest BCUT2D eigenvalue weighted by Crippen LogP contribution is -2.26. The summed E-state index contributed by atoms with van der Waals surface area (Å²) < 4.78 is 0. The number of nitrogens with zero attached hydrogens (tertiary/aromatic N) is 1. The van der Waals surface area contributed by atoms with Gasteiger partial charge in [0.15, 0.2) is 0 Å². The maximum absolute atomic E-state index is 12.5. The first-order valence-electron chi connectivity index (χ1n) is 7.41. The summed E-state index contributed by atoms with van der Waals surface area (Å²) in [5.41, 5.74) is 5.48. The van der Waals surface area contributed by atoms with Crippen LogP contribution in [0.15, 0.2) is 42.5 Å². The topological polar surface area (TPSA) is 20.3 Å². The van der Waals surface area contributed by atoms with Crippen molar-refractivity contribution < 1.29 is 4.79 Å². The second-order valence-electron chi connectivity index (χ2n) is 5.65. The fraction of sp³-hybridized carbons (Fsp3) is 0.316. The number of carbonyl (C=O) groups excluding carboxylic acids is 1. The van der Waals surface area contributed by atoms with Crippen molar-refractivity contribution in [3.05, 3.63) is 70.3 Å². The SMILES string of the molecule is CCc1ccc(CN(C)C(=O)c2ccc(C)cc2C)cc1. The predicted molar refractivity (Wildman–Crippen MR) is 87.5 cm³/mol. The number of amides is 1. The van der Waals surface area contributed by atoms with E-state index in [0.717, 1.165) is 23.1 Å². The smallest absolute Gasteiger partial charge is 0.254 e. The zero-order valence-corrected chi connectivity index (χ0v) is 13.3. The number of carbonyl (C=O) groups is 1. The van der Waals surface area contributed by atoms with Crippen molar-refractivity contribution in [1.82, 2.24) is 4.90 Å². The summed E-state index contributed by atoms with van der Waals surface area (Å²) in [5, 5.41) is 0. The van der Waals surface area contributed by atoms with E-state index in [1.165, 1.54) is 11.1 Å². The Bertz CT molecular complexity index is 629. The molecule has 0 unspecified atom stereocenters. The van der Waals surface area contributed by atoms with Crippen molar-refractivity contribution in [3.8, 4) is 0 Å². The van der Waals surface area contributed by atoms with Gasteiger partial charge in [-0.15, -0.1) is 0 Å². The molecule has 2 aromatic carbocycles. The third-order valence-electron chi connectivity index (χ3n) is 3.81. The summed E-state index contributed by atoms with van der Waals surface area (Å²) in [7, 11) is 1.86. The molecule has 0 spiro atoms. The van der Waals surface area contributed by atoms with Crippen LogP contribution in [-0.4, -0.2) is 17.9 Å². The van der Waals surface area contributed by atoms with Crippen LogP contribution in [0.5, 0.6) is 0 Å². The van der Waals surface area contributed by atoms with Crippen molar-refractivity contribution in [1.29, 1.82) is 0 Å². The number of aryl methyl sites for hydroxylation is 3. The molecule has 0 saturated heterocycles. The number of hydrogen-bond donors (Lipinski definition) is 0. The van der Waals surface area contributed by atoms with Gasteiger partial charge in [0.25, 0.3) is 5.91 Å². The first-order valence-corrected chi connectivity index (χ1v) is 7.41. The molecule has 0 atom stereocenters. The van der Waals surface area contributed by atoms with Crippen LogP contribution in [-0.2, 0) is 13.0 Å². The van der Waals surface area contributed by atoms with E-state index < -0.39 is 0 Å².